The van der Waals surface area contributed by atoms with E-state index < -0.39 is 33.1 Å². The number of halogens is 3. The highest BCUT2D eigenvalue weighted by Crippen LogP contribution is 2.25. The van der Waals surface area contributed by atoms with Crippen LogP contribution in [-0.2, 0) is 29.8 Å². The molecule has 9 nitrogen and oxygen atoms in total. The van der Waals surface area contributed by atoms with Gasteiger partial charge < -0.3 is 9.47 Å². The third-order valence-corrected chi connectivity index (χ3v) is 8.47. The van der Waals surface area contributed by atoms with Crippen LogP contribution in [0.2, 0.25) is 0 Å². The minimum Gasteiger partial charge on any atom is -0.493 e. The number of aryl methyl sites for hydroxylation is 2. The van der Waals surface area contributed by atoms with E-state index in [4.69, 9.17) is 18.0 Å². The zero-order valence-electron chi connectivity index (χ0n) is 25.6. The van der Waals surface area contributed by atoms with Crippen LogP contribution in [0, 0.1) is 13.8 Å². The second-order valence-electron chi connectivity index (χ2n) is 10.2. The Kier molecular flexibility index (Phi) is 11.8. The van der Waals surface area contributed by atoms with E-state index >= 15 is 0 Å². The molecule has 47 heavy (non-hydrogen) atoms. The Morgan fingerprint density at radius 2 is 1.21 bits per heavy atom. The monoisotopic (exact) mass is 688 g/mol. The van der Waals surface area contributed by atoms with E-state index in [1.165, 1.54) is 48.5 Å². The van der Waals surface area contributed by atoms with Gasteiger partial charge in [0.25, 0.3) is 11.1 Å². The SMILES string of the molecule is C/C(=N\OS(=O)(=O)c1ccc(C)cc1)c1ccc(OCCCOc2ccc(/C(=N/OS(=O)c3ccc(C)cc3)C(F)(F)F)cc2)cc1. The van der Waals surface area contributed by atoms with Crippen molar-refractivity contribution in [2.75, 3.05) is 13.2 Å². The number of nitrogens with zero attached hydrogens (tertiary/aromatic N) is 2. The normalized spacial score (nSPS) is 13.1. The standard InChI is InChI=1S/C33H31F3N2O7S2/c1-23-5-17-30(18-6-23)46(39)44-38-32(33(34,35)36)27-11-15-29(16-12-27)43-22-4-21-42-28-13-9-26(10-14-28)25(3)37-45-47(40,41)31-19-7-24(2)8-20-31/h5-20H,4,21-22H2,1-3H3/b37-25+,38-32-. The van der Waals surface area contributed by atoms with E-state index in [9.17, 15) is 25.8 Å². The highest BCUT2D eigenvalue weighted by atomic mass is 32.2. The second kappa shape index (κ2) is 15.7. The largest absolute Gasteiger partial charge is 0.493 e. The number of hydrogen-bond acceptors (Lipinski definition) is 9. The minimum absolute atomic E-state index is 0.00413. The van der Waals surface area contributed by atoms with E-state index in [0.29, 0.717) is 35.8 Å². The molecule has 0 aliphatic heterocycles. The van der Waals surface area contributed by atoms with Gasteiger partial charge in [-0.05, 0) is 99.1 Å². The summed E-state index contributed by atoms with van der Waals surface area (Å²) in [7, 11) is -4.04. The maximum absolute atomic E-state index is 13.7. The van der Waals surface area contributed by atoms with Crippen molar-refractivity contribution in [2.45, 2.75) is 43.2 Å². The number of benzene rings is 4. The van der Waals surface area contributed by atoms with Crippen molar-refractivity contribution in [2.24, 2.45) is 10.3 Å². The van der Waals surface area contributed by atoms with Crippen molar-refractivity contribution in [1.82, 2.24) is 0 Å². The van der Waals surface area contributed by atoms with Gasteiger partial charge in [-0.25, -0.2) is 4.21 Å². The van der Waals surface area contributed by atoms with Gasteiger partial charge in [-0.15, -0.1) is 0 Å². The first kappa shape index (κ1) is 35.2. The van der Waals surface area contributed by atoms with Crippen molar-refractivity contribution < 1.29 is 43.8 Å². The zero-order chi connectivity index (χ0) is 34.0. The van der Waals surface area contributed by atoms with Crippen molar-refractivity contribution in [3.05, 3.63) is 119 Å². The summed E-state index contributed by atoms with van der Waals surface area (Å²) in [4.78, 5) is 0.189. The van der Waals surface area contributed by atoms with Crippen LogP contribution in [0.25, 0.3) is 0 Å². The molecule has 1 unspecified atom stereocenters. The Morgan fingerprint density at radius 3 is 1.72 bits per heavy atom. The third kappa shape index (κ3) is 10.4. The van der Waals surface area contributed by atoms with Crippen LogP contribution in [-0.4, -0.2) is 43.4 Å². The summed E-state index contributed by atoms with van der Waals surface area (Å²) in [6.45, 7) is 5.80. The highest BCUT2D eigenvalue weighted by molar-refractivity contribution is 7.86. The van der Waals surface area contributed by atoms with Crippen LogP contribution in [0.5, 0.6) is 11.5 Å². The number of hydrogen-bond donors (Lipinski definition) is 0. The number of alkyl halides is 3. The van der Waals surface area contributed by atoms with Crippen molar-refractivity contribution in [3.8, 4) is 11.5 Å². The summed E-state index contributed by atoms with van der Waals surface area (Å²) in [5.41, 5.74) is 1.19. The van der Waals surface area contributed by atoms with Crippen LogP contribution in [0.4, 0.5) is 13.2 Å². The lowest BCUT2D eigenvalue weighted by molar-refractivity contribution is -0.0596. The Morgan fingerprint density at radius 1 is 0.723 bits per heavy atom. The smallest absolute Gasteiger partial charge is 0.437 e. The summed E-state index contributed by atoms with van der Waals surface area (Å²) < 4.78 is 98.8. The molecule has 248 valence electrons. The summed E-state index contributed by atoms with van der Waals surface area (Å²) in [5.74, 6) is 0.897. The highest BCUT2D eigenvalue weighted by Gasteiger charge is 2.38. The third-order valence-electron chi connectivity index (χ3n) is 6.49. The van der Waals surface area contributed by atoms with Crippen LogP contribution < -0.4 is 9.47 Å². The molecule has 0 aromatic heterocycles. The Bertz CT molecular complexity index is 1830. The van der Waals surface area contributed by atoms with Crippen molar-refractivity contribution in [1.29, 1.82) is 0 Å². The molecule has 0 heterocycles. The van der Waals surface area contributed by atoms with Gasteiger partial charge in [-0.1, -0.05) is 45.7 Å². The molecule has 0 bridgehead atoms. The summed E-state index contributed by atoms with van der Waals surface area (Å²) in [6, 6.07) is 24.4. The minimum atomic E-state index is -4.85. The van der Waals surface area contributed by atoms with Gasteiger partial charge in [0.15, 0.2) is 5.71 Å². The molecule has 0 spiro atoms. The molecule has 0 aliphatic carbocycles. The van der Waals surface area contributed by atoms with Crippen LogP contribution in [0.3, 0.4) is 0 Å². The predicted molar refractivity (Wildman–Crippen MR) is 171 cm³/mol. The van der Waals surface area contributed by atoms with E-state index in [1.807, 2.05) is 13.8 Å². The molecule has 4 aromatic carbocycles. The van der Waals surface area contributed by atoms with E-state index in [-0.39, 0.29) is 22.0 Å². The molecule has 0 amide bonds. The maximum atomic E-state index is 13.7. The Balaban J connectivity index is 1.23. The maximum Gasteiger partial charge on any atom is 0.437 e. The fourth-order valence-corrected chi connectivity index (χ4v) is 5.23. The Hall–Kier alpha value is -4.69. The van der Waals surface area contributed by atoms with Gasteiger partial charge in [-0.3, -0.25) is 8.57 Å². The molecule has 0 fully saturated rings. The lowest BCUT2D eigenvalue weighted by Gasteiger charge is -2.12. The van der Waals surface area contributed by atoms with E-state index in [1.54, 1.807) is 55.5 Å². The summed E-state index contributed by atoms with van der Waals surface area (Å²) in [5, 5.41) is 6.91. The average Bonchev–Trinajstić information content (AvgIpc) is 3.04. The Labute approximate surface area is 273 Å². The molecule has 0 saturated heterocycles. The van der Waals surface area contributed by atoms with Gasteiger partial charge in [0, 0.05) is 12.0 Å². The van der Waals surface area contributed by atoms with Crippen molar-refractivity contribution in [3.63, 3.8) is 0 Å². The number of rotatable bonds is 14. The summed E-state index contributed by atoms with van der Waals surface area (Å²) >= 11 is -2.21. The molecule has 0 radical (unpaired) electrons. The lowest BCUT2D eigenvalue weighted by atomic mass is 10.1. The molecule has 0 aliphatic rings. The van der Waals surface area contributed by atoms with E-state index in [0.717, 1.165) is 11.1 Å². The molecular weight excluding hydrogens is 657 g/mol. The van der Waals surface area contributed by atoms with Crippen LogP contribution >= 0.6 is 0 Å². The fourth-order valence-electron chi connectivity index (χ4n) is 3.88. The number of oxime groups is 2. The first-order valence-corrected chi connectivity index (χ1v) is 16.6. The fraction of sp³-hybridized carbons (Fsp3) is 0.212. The van der Waals surface area contributed by atoms with Crippen LogP contribution in [0.1, 0.15) is 35.6 Å². The van der Waals surface area contributed by atoms with Gasteiger partial charge in [0.1, 0.15) is 16.4 Å². The zero-order valence-corrected chi connectivity index (χ0v) is 27.2. The molecule has 0 N–H and O–H groups in total. The first-order chi connectivity index (χ1) is 22.3. The molecule has 14 heteroatoms. The average molecular weight is 689 g/mol. The molecule has 4 aromatic rings. The quantitative estimate of drug-likeness (QED) is 0.0777. The molecule has 1 atom stereocenters. The van der Waals surface area contributed by atoms with Gasteiger partial charge in [0.05, 0.1) is 23.8 Å². The lowest BCUT2D eigenvalue weighted by Crippen LogP contribution is -2.24. The molecule has 4 rings (SSSR count). The topological polar surface area (TPSA) is 113 Å². The van der Waals surface area contributed by atoms with Gasteiger partial charge in [0.2, 0.25) is 0 Å². The van der Waals surface area contributed by atoms with Crippen LogP contribution in [0.15, 0.2) is 117 Å². The molecule has 0 saturated carbocycles. The number of ether oxygens (including phenoxy) is 2. The summed E-state index contributed by atoms with van der Waals surface area (Å²) in [6.07, 6.45) is -4.38. The van der Waals surface area contributed by atoms with Gasteiger partial charge >= 0.3 is 16.3 Å². The second-order valence-corrected chi connectivity index (χ2v) is 12.8. The van der Waals surface area contributed by atoms with E-state index in [2.05, 4.69) is 10.3 Å². The molecular formula is C33H31F3N2O7S2. The first-order valence-electron chi connectivity index (χ1n) is 14.1. The van der Waals surface area contributed by atoms with Gasteiger partial charge in [-0.2, -0.15) is 21.6 Å². The van der Waals surface area contributed by atoms with Crippen molar-refractivity contribution >= 4 is 32.6 Å². The predicted octanol–water partition coefficient (Wildman–Crippen LogP) is 7.29.